The summed E-state index contributed by atoms with van der Waals surface area (Å²) < 4.78 is 14.7. The van der Waals surface area contributed by atoms with Crippen molar-refractivity contribution < 1.29 is 14.0 Å². The molecule has 2 heterocycles. The highest BCUT2D eigenvalue weighted by Crippen LogP contribution is 2.24. The summed E-state index contributed by atoms with van der Waals surface area (Å²) in [6, 6.07) is 14.5. The molecule has 1 aliphatic heterocycles. The maximum absolute atomic E-state index is 13.2. The number of anilines is 1. The molecule has 0 aliphatic carbocycles. The lowest BCUT2D eigenvalue weighted by Gasteiger charge is -2.16. The number of hydrogen-bond donors (Lipinski definition) is 1. The van der Waals surface area contributed by atoms with Crippen molar-refractivity contribution in [1.82, 2.24) is 14.7 Å². The van der Waals surface area contributed by atoms with E-state index in [0.717, 1.165) is 18.5 Å². The van der Waals surface area contributed by atoms with E-state index in [2.05, 4.69) is 10.4 Å². The molecule has 0 unspecified atom stereocenters. The monoisotopic (exact) mass is 378 g/mol. The third-order valence-electron chi connectivity index (χ3n) is 4.73. The second-order valence-corrected chi connectivity index (χ2v) is 6.61. The normalized spacial score (nSPS) is 13.5. The van der Waals surface area contributed by atoms with Gasteiger partial charge in [-0.3, -0.25) is 9.59 Å². The number of rotatable bonds is 4. The zero-order valence-electron chi connectivity index (χ0n) is 15.1. The fraction of sp³-hybridized carbons (Fsp3) is 0.190. The van der Waals surface area contributed by atoms with Crippen molar-refractivity contribution in [3.05, 3.63) is 77.7 Å². The van der Waals surface area contributed by atoms with Crippen molar-refractivity contribution in [3.63, 3.8) is 0 Å². The first-order valence-corrected chi connectivity index (χ1v) is 9.13. The second kappa shape index (κ2) is 7.64. The zero-order chi connectivity index (χ0) is 19.5. The molecular weight excluding hydrogens is 359 g/mol. The average molecular weight is 378 g/mol. The van der Waals surface area contributed by atoms with Crippen molar-refractivity contribution in [2.45, 2.75) is 12.8 Å². The number of carbonyl (C=O) groups excluding carboxylic acids is 2. The number of halogens is 1. The van der Waals surface area contributed by atoms with Crippen LogP contribution in [-0.2, 0) is 0 Å². The Morgan fingerprint density at radius 3 is 2.32 bits per heavy atom. The number of aromatic nitrogens is 2. The Labute approximate surface area is 161 Å². The van der Waals surface area contributed by atoms with Crippen molar-refractivity contribution >= 4 is 17.6 Å². The van der Waals surface area contributed by atoms with Crippen LogP contribution in [-0.4, -0.2) is 39.6 Å². The van der Waals surface area contributed by atoms with E-state index in [4.69, 9.17) is 0 Å². The third-order valence-corrected chi connectivity index (χ3v) is 4.73. The van der Waals surface area contributed by atoms with E-state index in [1.807, 2.05) is 30.3 Å². The lowest BCUT2D eigenvalue weighted by molar-refractivity contribution is 0.0794. The molecule has 3 aromatic rings. The average Bonchev–Trinajstić information content (AvgIpc) is 3.39. The topological polar surface area (TPSA) is 67.2 Å². The van der Waals surface area contributed by atoms with Gasteiger partial charge in [0.15, 0.2) is 0 Å². The fourth-order valence-electron chi connectivity index (χ4n) is 3.26. The lowest BCUT2D eigenvalue weighted by Crippen LogP contribution is -2.28. The van der Waals surface area contributed by atoms with Crippen molar-refractivity contribution in [1.29, 1.82) is 0 Å². The maximum atomic E-state index is 13.2. The van der Waals surface area contributed by atoms with Gasteiger partial charge in [0.2, 0.25) is 0 Å². The largest absolute Gasteiger partial charge is 0.338 e. The van der Waals surface area contributed by atoms with E-state index in [9.17, 15) is 14.0 Å². The summed E-state index contributed by atoms with van der Waals surface area (Å²) in [4.78, 5) is 27.4. The van der Waals surface area contributed by atoms with E-state index in [1.54, 1.807) is 4.90 Å². The van der Waals surface area contributed by atoms with Gasteiger partial charge in [0.05, 0.1) is 11.9 Å². The highest BCUT2D eigenvalue weighted by Gasteiger charge is 2.26. The lowest BCUT2D eigenvalue weighted by atomic mass is 10.2. The van der Waals surface area contributed by atoms with Crippen molar-refractivity contribution in [3.8, 4) is 5.69 Å². The molecule has 28 heavy (non-hydrogen) atoms. The number of para-hydroxylation sites is 1. The van der Waals surface area contributed by atoms with Gasteiger partial charge in [-0.25, -0.2) is 9.07 Å². The van der Waals surface area contributed by atoms with Gasteiger partial charge < -0.3 is 10.2 Å². The summed E-state index contributed by atoms with van der Waals surface area (Å²) in [5, 5.41) is 7.12. The van der Waals surface area contributed by atoms with E-state index in [-0.39, 0.29) is 5.91 Å². The van der Waals surface area contributed by atoms with Crippen LogP contribution < -0.4 is 5.32 Å². The molecule has 0 radical (unpaired) electrons. The summed E-state index contributed by atoms with van der Waals surface area (Å²) in [7, 11) is 0. The van der Waals surface area contributed by atoms with Crippen LogP contribution in [0, 0.1) is 5.82 Å². The van der Waals surface area contributed by atoms with E-state index in [0.29, 0.717) is 30.0 Å². The summed E-state index contributed by atoms with van der Waals surface area (Å²) in [5.41, 5.74) is 1.35. The van der Waals surface area contributed by atoms with Gasteiger partial charge in [-0.15, -0.1) is 0 Å². The number of likely N-dealkylation sites (tertiary alicyclic amines) is 1. The molecule has 0 spiro atoms. The van der Waals surface area contributed by atoms with Crippen LogP contribution in [0.4, 0.5) is 10.2 Å². The van der Waals surface area contributed by atoms with Crippen molar-refractivity contribution in [2.24, 2.45) is 0 Å². The molecule has 142 valence electrons. The van der Waals surface area contributed by atoms with Crippen LogP contribution in [0.1, 0.15) is 33.6 Å². The van der Waals surface area contributed by atoms with E-state index in [1.165, 1.54) is 35.1 Å². The van der Waals surface area contributed by atoms with Gasteiger partial charge in [0.25, 0.3) is 11.8 Å². The third kappa shape index (κ3) is 3.51. The van der Waals surface area contributed by atoms with Crippen LogP contribution >= 0.6 is 0 Å². The molecule has 2 aromatic carbocycles. The molecule has 0 saturated carbocycles. The molecule has 0 bridgehead atoms. The fourth-order valence-corrected chi connectivity index (χ4v) is 3.26. The van der Waals surface area contributed by atoms with Gasteiger partial charge in [0, 0.05) is 18.7 Å². The van der Waals surface area contributed by atoms with Gasteiger partial charge in [-0.1, -0.05) is 18.2 Å². The molecule has 1 N–H and O–H groups in total. The molecule has 4 rings (SSSR count). The Kier molecular flexibility index (Phi) is 4.89. The number of amides is 2. The first-order valence-electron chi connectivity index (χ1n) is 9.13. The van der Waals surface area contributed by atoms with Gasteiger partial charge in [-0.2, -0.15) is 5.10 Å². The SMILES string of the molecule is O=C(Nc1c(C(=O)N2CCCC2)cnn1-c1ccccc1)c1ccc(F)cc1. The Hall–Kier alpha value is -3.48. The molecule has 7 heteroatoms. The van der Waals surface area contributed by atoms with E-state index >= 15 is 0 Å². The molecule has 1 fully saturated rings. The predicted molar refractivity (Wildman–Crippen MR) is 103 cm³/mol. The molecule has 1 aromatic heterocycles. The maximum Gasteiger partial charge on any atom is 0.259 e. The Balaban J connectivity index is 1.71. The van der Waals surface area contributed by atoms with E-state index < -0.39 is 11.7 Å². The Morgan fingerprint density at radius 1 is 0.964 bits per heavy atom. The number of hydrogen-bond acceptors (Lipinski definition) is 3. The van der Waals surface area contributed by atoms with Gasteiger partial charge in [-0.05, 0) is 49.2 Å². The smallest absolute Gasteiger partial charge is 0.259 e. The first-order chi connectivity index (χ1) is 13.6. The standard InChI is InChI=1S/C21H19FN4O2/c22-16-10-8-15(9-11-16)20(27)24-19-18(21(28)25-12-4-5-13-25)14-23-26(19)17-6-2-1-3-7-17/h1-3,6-11,14H,4-5,12-13H2,(H,24,27). The molecule has 6 nitrogen and oxygen atoms in total. The van der Waals surface area contributed by atoms with Crippen LogP contribution in [0.5, 0.6) is 0 Å². The van der Waals surface area contributed by atoms with Crippen LogP contribution in [0.25, 0.3) is 5.69 Å². The number of carbonyl (C=O) groups is 2. The minimum absolute atomic E-state index is 0.158. The predicted octanol–water partition coefficient (Wildman–Crippen LogP) is 3.50. The minimum Gasteiger partial charge on any atom is -0.338 e. The molecule has 1 aliphatic rings. The van der Waals surface area contributed by atoms with Crippen LogP contribution in [0.2, 0.25) is 0 Å². The Bertz CT molecular complexity index is 993. The second-order valence-electron chi connectivity index (χ2n) is 6.61. The van der Waals surface area contributed by atoms with Crippen LogP contribution in [0.15, 0.2) is 60.8 Å². The molecule has 1 saturated heterocycles. The number of nitrogens with one attached hydrogen (secondary N) is 1. The first kappa shape index (κ1) is 17.9. The highest BCUT2D eigenvalue weighted by molar-refractivity contribution is 6.08. The molecule has 2 amide bonds. The zero-order valence-corrected chi connectivity index (χ0v) is 15.1. The molecular formula is C21H19FN4O2. The summed E-state index contributed by atoms with van der Waals surface area (Å²) in [5.74, 6) is -0.713. The van der Waals surface area contributed by atoms with Gasteiger partial charge >= 0.3 is 0 Å². The number of nitrogens with zero attached hydrogens (tertiary/aromatic N) is 3. The summed E-state index contributed by atoms with van der Waals surface area (Å²) in [6.07, 6.45) is 3.42. The summed E-state index contributed by atoms with van der Waals surface area (Å²) in [6.45, 7) is 1.39. The Morgan fingerprint density at radius 2 is 1.64 bits per heavy atom. The highest BCUT2D eigenvalue weighted by atomic mass is 19.1. The number of benzene rings is 2. The van der Waals surface area contributed by atoms with Gasteiger partial charge in [0.1, 0.15) is 17.2 Å². The minimum atomic E-state index is -0.437. The van der Waals surface area contributed by atoms with Crippen molar-refractivity contribution in [2.75, 3.05) is 18.4 Å². The molecule has 0 atom stereocenters. The summed E-state index contributed by atoms with van der Waals surface area (Å²) >= 11 is 0. The quantitative estimate of drug-likeness (QED) is 0.756. The van der Waals surface area contributed by atoms with Crippen LogP contribution in [0.3, 0.4) is 0 Å².